The van der Waals surface area contributed by atoms with E-state index in [0.29, 0.717) is 5.92 Å². The molecule has 2 aliphatic carbocycles. The van der Waals surface area contributed by atoms with Gasteiger partial charge in [0.15, 0.2) is 6.04 Å². The van der Waals surface area contributed by atoms with Gasteiger partial charge in [-0.3, -0.25) is 4.98 Å². The van der Waals surface area contributed by atoms with E-state index in [0.717, 1.165) is 61.7 Å². The molecule has 6 unspecified atom stereocenters. The molecule has 4 heteroatoms. The average molecular weight is 515 g/mol. The van der Waals surface area contributed by atoms with Gasteiger partial charge in [-0.2, -0.15) is 0 Å². The molecule has 2 heterocycles. The van der Waals surface area contributed by atoms with E-state index in [2.05, 4.69) is 68.1 Å². The molecule has 0 bridgehead atoms. The maximum absolute atomic E-state index is 6.26. The van der Waals surface area contributed by atoms with Crippen LogP contribution in [0.3, 0.4) is 0 Å². The summed E-state index contributed by atoms with van der Waals surface area (Å²) in [7, 11) is 0. The molecule has 204 valence electrons. The molecule has 2 saturated carbocycles. The van der Waals surface area contributed by atoms with E-state index in [1.54, 1.807) is 0 Å². The van der Waals surface area contributed by atoms with Gasteiger partial charge in [-0.05, 0) is 116 Å². The lowest BCUT2D eigenvalue weighted by Crippen LogP contribution is -2.14. The third-order valence-electron chi connectivity index (χ3n) is 9.81. The minimum absolute atomic E-state index is 0.202. The summed E-state index contributed by atoms with van der Waals surface area (Å²) in [5, 5.41) is 4.39. The van der Waals surface area contributed by atoms with Gasteiger partial charge in [0.2, 0.25) is 0 Å². The van der Waals surface area contributed by atoms with Crippen LogP contribution >= 0.6 is 0 Å². The largest absolute Gasteiger partial charge is 0.493 e. The van der Waals surface area contributed by atoms with Crippen molar-refractivity contribution in [2.75, 3.05) is 6.61 Å². The molecule has 2 aromatic rings. The van der Waals surface area contributed by atoms with E-state index in [-0.39, 0.29) is 6.04 Å². The van der Waals surface area contributed by atoms with Crippen LogP contribution in [0.4, 0.5) is 0 Å². The average Bonchev–Trinajstić information content (AvgIpc) is 3.76. The number of hydrogen-bond donors (Lipinski definition) is 0. The zero-order chi connectivity index (χ0) is 26.5. The second-order valence-corrected chi connectivity index (χ2v) is 12.2. The SMILES string of the molecule is CCc1cnc(C(C)C2CCCC(C3CC3CCOc3ccc(C4CCC=[N+]=N4)cc3C)CC2)c(CC)c1. The normalized spacial score (nSPS) is 27.6. The van der Waals surface area contributed by atoms with Gasteiger partial charge < -0.3 is 4.74 Å². The highest BCUT2D eigenvalue weighted by Gasteiger charge is 2.43. The van der Waals surface area contributed by atoms with E-state index >= 15 is 0 Å². The van der Waals surface area contributed by atoms with Crippen LogP contribution in [0.15, 0.2) is 35.6 Å². The molecule has 6 atom stereocenters. The highest BCUT2D eigenvalue weighted by molar-refractivity contribution is 5.50. The maximum Gasteiger partial charge on any atom is 0.307 e. The zero-order valence-electron chi connectivity index (χ0n) is 24.2. The quantitative estimate of drug-likeness (QED) is 0.236. The van der Waals surface area contributed by atoms with Crippen molar-refractivity contribution < 1.29 is 9.53 Å². The Morgan fingerprint density at radius 3 is 2.71 bits per heavy atom. The Bertz CT molecular complexity index is 1150. The van der Waals surface area contributed by atoms with Crippen molar-refractivity contribution in [1.29, 1.82) is 0 Å². The Labute approximate surface area is 230 Å². The van der Waals surface area contributed by atoms with Crippen LogP contribution in [0.5, 0.6) is 5.75 Å². The highest BCUT2D eigenvalue weighted by atomic mass is 16.5. The Morgan fingerprint density at radius 2 is 1.95 bits per heavy atom. The predicted octanol–water partition coefficient (Wildman–Crippen LogP) is 8.49. The van der Waals surface area contributed by atoms with Gasteiger partial charge in [0.1, 0.15) is 5.75 Å². The molecule has 0 radical (unpaired) electrons. The molecule has 1 aromatic heterocycles. The first kappa shape index (κ1) is 27.1. The van der Waals surface area contributed by atoms with E-state index in [9.17, 15) is 0 Å². The van der Waals surface area contributed by atoms with Gasteiger partial charge >= 0.3 is 6.21 Å². The van der Waals surface area contributed by atoms with Gasteiger partial charge in [-0.25, -0.2) is 0 Å². The Balaban J connectivity index is 1.08. The van der Waals surface area contributed by atoms with Crippen molar-refractivity contribution in [1.82, 2.24) is 4.98 Å². The third-order valence-corrected chi connectivity index (χ3v) is 9.81. The van der Waals surface area contributed by atoms with Crippen LogP contribution in [0.2, 0.25) is 0 Å². The van der Waals surface area contributed by atoms with Crippen molar-refractivity contribution in [2.45, 2.75) is 110 Å². The molecule has 1 aliphatic heterocycles. The van der Waals surface area contributed by atoms with Crippen molar-refractivity contribution in [3.05, 3.63) is 58.4 Å². The summed E-state index contributed by atoms with van der Waals surface area (Å²) in [5.41, 5.74) is 6.70. The van der Waals surface area contributed by atoms with E-state index < -0.39 is 0 Å². The second-order valence-electron chi connectivity index (χ2n) is 12.2. The lowest BCUT2D eigenvalue weighted by Gasteiger charge is -2.24. The number of aryl methyl sites for hydroxylation is 3. The zero-order valence-corrected chi connectivity index (χ0v) is 24.2. The molecule has 4 nitrogen and oxygen atoms in total. The molecule has 38 heavy (non-hydrogen) atoms. The van der Waals surface area contributed by atoms with Crippen LogP contribution in [-0.4, -0.2) is 22.6 Å². The highest BCUT2D eigenvalue weighted by Crippen LogP contribution is 2.52. The number of ether oxygens (including phenoxy) is 1. The molecule has 2 fully saturated rings. The first-order valence-electron chi connectivity index (χ1n) is 15.5. The number of benzene rings is 1. The summed E-state index contributed by atoms with van der Waals surface area (Å²) < 4.78 is 6.26. The van der Waals surface area contributed by atoms with Crippen LogP contribution in [0.1, 0.15) is 118 Å². The van der Waals surface area contributed by atoms with Crippen molar-refractivity contribution >= 4 is 6.21 Å². The standard InChI is InChI=1S/C34H48N3O/c1-5-25-20-26(6-2)34(35-22-25)24(4)27-9-7-10-28(13-12-27)31-21-29(31)16-18-38-33-15-14-30(19-23(33)3)32-11-8-17-36-37-32/h14-15,17,19-20,22,24,27-29,31-32H,5-13,16,18,21H2,1-4H3/q+1. The van der Waals surface area contributed by atoms with Crippen molar-refractivity contribution in [2.24, 2.45) is 28.8 Å². The number of pyridine rings is 1. The maximum atomic E-state index is 6.26. The minimum atomic E-state index is 0.202. The fourth-order valence-electron chi connectivity index (χ4n) is 7.22. The molecule has 1 aromatic carbocycles. The molecular weight excluding hydrogens is 466 g/mol. The lowest BCUT2D eigenvalue weighted by atomic mass is 9.82. The second kappa shape index (κ2) is 12.6. The van der Waals surface area contributed by atoms with Gasteiger partial charge in [0.05, 0.1) is 11.7 Å². The first-order chi connectivity index (χ1) is 18.6. The van der Waals surface area contributed by atoms with Crippen molar-refractivity contribution in [3.63, 3.8) is 0 Å². The van der Waals surface area contributed by atoms with Gasteiger partial charge in [-0.15, -0.1) is 0 Å². The number of hydrogen-bond acceptors (Lipinski definition) is 3. The molecule has 0 amide bonds. The molecule has 0 spiro atoms. The summed E-state index contributed by atoms with van der Waals surface area (Å²) >= 11 is 0. The fraction of sp³-hybridized carbons (Fsp3) is 0.647. The summed E-state index contributed by atoms with van der Waals surface area (Å²) in [6.45, 7) is 9.95. The van der Waals surface area contributed by atoms with Gasteiger partial charge in [-0.1, -0.05) is 45.7 Å². The smallest absolute Gasteiger partial charge is 0.307 e. The number of nitrogens with zero attached hydrogens (tertiary/aromatic N) is 3. The lowest BCUT2D eigenvalue weighted by molar-refractivity contribution is -0.105. The summed E-state index contributed by atoms with van der Waals surface area (Å²) in [5.74, 6) is 5.10. The molecular formula is C34H48N3O+. The summed E-state index contributed by atoms with van der Waals surface area (Å²) in [4.78, 5) is 9.09. The predicted molar refractivity (Wildman–Crippen MR) is 155 cm³/mol. The topological polar surface area (TPSA) is 48.6 Å². The minimum Gasteiger partial charge on any atom is -0.493 e. The van der Waals surface area contributed by atoms with Crippen LogP contribution in [0, 0.1) is 30.6 Å². The summed E-state index contributed by atoms with van der Waals surface area (Å²) in [6, 6.07) is 9.17. The molecule has 5 rings (SSSR count). The summed E-state index contributed by atoms with van der Waals surface area (Å²) in [6.07, 6.45) is 17.8. The van der Waals surface area contributed by atoms with Crippen LogP contribution < -0.4 is 4.74 Å². The molecule has 0 N–H and O–H groups in total. The Hall–Kier alpha value is -2.45. The number of aromatic nitrogens is 1. The van der Waals surface area contributed by atoms with Crippen LogP contribution in [0.25, 0.3) is 0 Å². The van der Waals surface area contributed by atoms with Crippen molar-refractivity contribution in [3.8, 4) is 5.75 Å². The van der Waals surface area contributed by atoms with Gasteiger partial charge in [0.25, 0.3) is 0 Å². The molecule has 3 aliphatic rings. The van der Waals surface area contributed by atoms with Gasteiger partial charge in [0, 0.05) is 29.0 Å². The first-order valence-corrected chi connectivity index (χ1v) is 15.5. The third kappa shape index (κ3) is 6.40. The number of rotatable bonds is 10. The van der Waals surface area contributed by atoms with Crippen LogP contribution in [-0.2, 0) is 12.8 Å². The Morgan fingerprint density at radius 1 is 1.05 bits per heavy atom. The van der Waals surface area contributed by atoms with E-state index in [4.69, 9.17) is 9.72 Å². The fourth-order valence-corrected chi connectivity index (χ4v) is 7.22. The van der Waals surface area contributed by atoms with E-state index in [1.807, 2.05) is 6.21 Å². The molecule has 0 saturated heterocycles. The Kier molecular flexibility index (Phi) is 9.00. The van der Waals surface area contributed by atoms with E-state index in [1.165, 1.54) is 72.9 Å². The monoisotopic (exact) mass is 514 g/mol.